The summed E-state index contributed by atoms with van der Waals surface area (Å²) in [7, 11) is 0. The number of aromatic nitrogens is 5. The average Bonchev–Trinajstić information content (AvgIpc) is 3.81. The Kier molecular flexibility index (Phi) is 7.49. The minimum absolute atomic E-state index is 0. The van der Waals surface area contributed by atoms with E-state index < -0.39 is 0 Å². The largest absolute Gasteiger partial charge is 2.00 e. The van der Waals surface area contributed by atoms with Gasteiger partial charge in [0.2, 0.25) is 0 Å². The fourth-order valence-corrected chi connectivity index (χ4v) is 7.98. The number of nitrogens with zero attached hydrogens (tertiary/aromatic N) is 5. The molecule has 52 heavy (non-hydrogen) atoms. The smallest absolute Gasteiger partial charge is 0.497 e. The Morgan fingerprint density at radius 2 is 1.23 bits per heavy atom. The van der Waals surface area contributed by atoms with Crippen LogP contribution in [0.15, 0.2) is 116 Å². The summed E-state index contributed by atoms with van der Waals surface area (Å²) >= 11 is 0. The predicted octanol–water partition coefficient (Wildman–Crippen LogP) is 10.9. The molecule has 5 aromatic carbocycles. The molecule has 0 aliphatic rings. The van der Waals surface area contributed by atoms with Gasteiger partial charge in [0.25, 0.3) is 0 Å². The van der Waals surface area contributed by atoms with Crippen LogP contribution in [0.3, 0.4) is 0 Å². The maximum absolute atomic E-state index is 6.52. The number of hydrogen-bond acceptors (Lipinski definition) is 4. The Morgan fingerprint density at radius 3 is 1.96 bits per heavy atom. The molecule has 0 aliphatic heterocycles. The van der Waals surface area contributed by atoms with Crippen LogP contribution in [0.1, 0.15) is 22.3 Å². The van der Waals surface area contributed by atoms with E-state index >= 15 is 0 Å². The van der Waals surface area contributed by atoms with E-state index in [4.69, 9.17) is 9.72 Å². The quantitative estimate of drug-likeness (QED) is 0.131. The molecule has 5 heterocycles. The van der Waals surface area contributed by atoms with Gasteiger partial charge < -0.3 is 13.5 Å². The van der Waals surface area contributed by atoms with Gasteiger partial charge in [0, 0.05) is 47.4 Å². The van der Waals surface area contributed by atoms with E-state index in [-0.39, 0.29) is 21.1 Å². The molecule has 0 unspecified atom stereocenters. The Balaban J connectivity index is 0.00000360. The molecule has 0 aliphatic carbocycles. The molecule has 0 bridgehead atoms. The molecule has 0 atom stereocenters. The second-order valence-corrected chi connectivity index (χ2v) is 13.4. The predicted molar refractivity (Wildman–Crippen MR) is 206 cm³/mol. The van der Waals surface area contributed by atoms with E-state index in [0.29, 0.717) is 11.5 Å². The number of benzene rings is 5. The first-order valence-electron chi connectivity index (χ1n) is 17.1. The van der Waals surface area contributed by atoms with E-state index in [9.17, 15) is 0 Å². The van der Waals surface area contributed by atoms with Crippen LogP contribution in [-0.2, 0) is 21.1 Å². The van der Waals surface area contributed by atoms with Gasteiger partial charge in [-0.25, -0.2) is 0 Å². The van der Waals surface area contributed by atoms with E-state index in [0.717, 1.165) is 60.5 Å². The van der Waals surface area contributed by atoms with Crippen LogP contribution >= 0.6 is 0 Å². The molecule has 252 valence electrons. The van der Waals surface area contributed by atoms with Crippen molar-refractivity contribution >= 4 is 54.8 Å². The summed E-state index contributed by atoms with van der Waals surface area (Å²) < 4.78 is 10.9. The molecule has 5 aromatic heterocycles. The molecule has 0 fully saturated rings. The monoisotopic (exact) mass is 852 g/mol. The van der Waals surface area contributed by atoms with Crippen molar-refractivity contribution in [3.8, 4) is 33.9 Å². The SMILES string of the molecule is Cc1cccc(C)c1-c1ccc2c3ccc(Oc4[c-]c5c(cc4)c4ncccc4n4ccnc54)[c-]c3c3ncc(-c4c(C)cccc4C)n3c2c1.[Pt+2]. The molecule has 0 N–H and O–H groups in total. The molecule has 10 rings (SSSR count). The van der Waals surface area contributed by atoms with E-state index in [1.165, 1.54) is 38.9 Å². The Bertz CT molecular complexity index is 3030. The summed E-state index contributed by atoms with van der Waals surface area (Å²) in [5.74, 6) is 1.16. The third-order valence-corrected chi connectivity index (χ3v) is 10.2. The van der Waals surface area contributed by atoms with Crippen molar-refractivity contribution in [2.75, 3.05) is 0 Å². The van der Waals surface area contributed by atoms with Crippen LogP contribution in [0.5, 0.6) is 11.5 Å². The van der Waals surface area contributed by atoms with Gasteiger partial charge in [0.1, 0.15) is 0 Å². The zero-order valence-corrected chi connectivity index (χ0v) is 31.2. The van der Waals surface area contributed by atoms with Gasteiger partial charge in [-0.2, -0.15) is 0 Å². The minimum atomic E-state index is 0. The fraction of sp³-hybridized carbons (Fsp3) is 0.0889. The summed E-state index contributed by atoms with van der Waals surface area (Å²) in [6.07, 6.45) is 7.57. The standard InChI is InChI=1S/C45H31N5O.Pt/c1-26-8-5-9-27(2)41(26)30-13-16-34-33-17-14-31(23-36(33)45-48-25-40(50(45)39(34)22-30)42-28(3)10-6-11-29(42)4)51-32-15-18-35-37(24-32)44-47-20-21-49(44)38-12-7-19-46-43(35)38;/h5-22,25H,1-4H3;/q-2;+2. The zero-order valence-electron chi connectivity index (χ0n) is 28.9. The summed E-state index contributed by atoms with van der Waals surface area (Å²) in [5.41, 5.74) is 14.3. The van der Waals surface area contributed by atoms with Crippen molar-refractivity contribution < 1.29 is 25.8 Å². The first kappa shape index (κ1) is 32.1. The number of hydrogen-bond donors (Lipinski definition) is 0. The summed E-state index contributed by atoms with van der Waals surface area (Å²) in [6.45, 7) is 8.70. The van der Waals surface area contributed by atoms with Crippen LogP contribution in [0.2, 0.25) is 0 Å². The molecule has 0 saturated heterocycles. The van der Waals surface area contributed by atoms with E-state index in [1.54, 1.807) is 6.20 Å². The number of fused-ring (bicyclic) bond motifs is 12. The van der Waals surface area contributed by atoms with Gasteiger partial charge >= 0.3 is 21.1 Å². The Hall–Kier alpha value is -5.84. The third-order valence-electron chi connectivity index (χ3n) is 10.2. The summed E-state index contributed by atoms with van der Waals surface area (Å²) in [4.78, 5) is 14.4. The maximum Gasteiger partial charge on any atom is 2.00 e. The molecule has 10 aromatic rings. The van der Waals surface area contributed by atoms with Crippen LogP contribution in [0, 0.1) is 39.8 Å². The normalized spacial score (nSPS) is 11.7. The first-order valence-corrected chi connectivity index (χ1v) is 17.1. The summed E-state index contributed by atoms with van der Waals surface area (Å²) in [6, 6.07) is 38.9. The minimum Gasteiger partial charge on any atom is -0.497 e. The van der Waals surface area contributed by atoms with Crippen molar-refractivity contribution in [3.63, 3.8) is 0 Å². The number of imidazole rings is 2. The zero-order chi connectivity index (χ0) is 34.4. The van der Waals surface area contributed by atoms with Crippen LogP contribution in [0.4, 0.5) is 0 Å². The van der Waals surface area contributed by atoms with Crippen molar-refractivity contribution in [2.45, 2.75) is 27.7 Å². The molecule has 0 saturated carbocycles. The molecule has 7 heteroatoms. The molecule has 6 nitrogen and oxygen atoms in total. The van der Waals surface area contributed by atoms with Gasteiger partial charge in [0.05, 0.1) is 28.0 Å². The molecular weight excluding hydrogens is 822 g/mol. The number of pyridine rings is 3. The second kappa shape index (κ2) is 12.1. The molecule has 0 spiro atoms. The average molecular weight is 853 g/mol. The van der Waals surface area contributed by atoms with E-state index in [1.807, 2.05) is 47.3 Å². The van der Waals surface area contributed by atoms with Crippen molar-refractivity contribution in [2.24, 2.45) is 0 Å². The number of aryl methyl sites for hydroxylation is 4. The Labute approximate surface area is 314 Å². The van der Waals surface area contributed by atoms with Crippen LogP contribution in [0.25, 0.3) is 77.2 Å². The maximum atomic E-state index is 6.52. The topological polar surface area (TPSA) is 56.7 Å². The Morgan fingerprint density at radius 1 is 0.577 bits per heavy atom. The van der Waals surface area contributed by atoms with Crippen molar-refractivity contribution in [3.05, 3.63) is 150 Å². The van der Waals surface area contributed by atoms with Gasteiger partial charge in [-0.15, -0.1) is 12.1 Å². The second-order valence-electron chi connectivity index (χ2n) is 13.4. The summed E-state index contributed by atoms with van der Waals surface area (Å²) in [5, 5.41) is 4.91. The van der Waals surface area contributed by atoms with Crippen molar-refractivity contribution in [1.82, 2.24) is 23.8 Å². The number of rotatable bonds is 4. The van der Waals surface area contributed by atoms with Gasteiger partial charge in [-0.05, 0) is 84.7 Å². The molecule has 0 radical (unpaired) electrons. The number of ether oxygens (including phenoxy) is 1. The first-order chi connectivity index (χ1) is 24.9. The van der Waals surface area contributed by atoms with Crippen LogP contribution in [-0.4, -0.2) is 23.8 Å². The van der Waals surface area contributed by atoms with Gasteiger partial charge in [-0.3, -0.25) is 15.0 Å². The van der Waals surface area contributed by atoms with Gasteiger partial charge in [-0.1, -0.05) is 94.3 Å². The third kappa shape index (κ3) is 4.78. The van der Waals surface area contributed by atoms with Gasteiger partial charge in [0.15, 0.2) is 0 Å². The van der Waals surface area contributed by atoms with Crippen LogP contribution < -0.4 is 4.74 Å². The molecule has 0 amide bonds. The molecular formula is C45H31N5OPt. The van der Waals surface area contributed by atoms with Crippen molar-refractivity contribution in [1.29, 1.82) is 0 Å². The van der Waals surface area contributed by atoms with E-state index in [2.05, 4.69) is 121 Å². The fourth-order valence-electron chi connectivity index (χ4n) is 7.98.